The first-order valence-corrected chi connectivity index (χ1v) is 13.1. The minimum Gasteiger partial charge on any atom is -0.367 e. The Hall–Kier alpha value is -3.73. The molecule has 2 aliphatic heterocycles. The summed E-state index contributed by atoms with van der Waals surface area (Å²) in [5, 5.41) is 14.0. The van der Waals surface area contributed by atoms with Crippen LogP contribution in [0.1, 0.15) is 32.6 Å². The molecule has 1 N–H and O–H groups in total. The minimum absolute atomic E-state index is 0.0503. The van der Waals surface area contributed by atoms with Gasteiger partial charge in [-0.1, -0.05) is 46.3 Å². The van der Waals surface area contributed by atoms with E-state index in [2.05, 4.69) is 67.4 Å². The van der Waals surface area contributed by atoms with Gasteiger partial charge in [-0.05, 0) is 64.9 Å². The highest BCUT2D eigenvalue weighted by Crippen LogP contribution is 2.38. The van der Waals surface area contributed by atoms with E-state index in [-0.39, 0.29) is 11.7 Å². The Labute approximate surface area is 223 Å². The standard InChI is InChI=1S/C30H24BrFN4O/c31-23-15-24-22(6-7-27-29(24)25(16-23)30(37)34-27)13-19-1-3-20(4-2-19)18-35-9-11-36(12-10-35)28-8-5-21(17-33)14-26(28)32/h1-8,14-16H,9-13,18H2,(H,34,37). The molecule has 1 amide bonds. The second-order valence-electron chi connectivity index (χ2n) is 9.64. The van der Waals surface area contributed by atoms with E-state index in [4.69, 9.17) is 5.26 Å². The van der Waals surface area contributed by atoms with E-state index in [1.807, 2.05) is 18.2 Å². The molecule has 4 aromatic rings. The Morgan fingerprint density at radius 3 is 2.43 bits per heavy atom. The van der Waals surface area contributed by atoms with Crippen molar-refractivity contribution in [2.24, 2.45) is 0 Å². The molecule has 0 aromatic heterocycles. The monoisotopic (exact) mass is 554 g/mol. The van der Waals surface area contributed by atoms with E-state index in [0.717, 1.165) is 65.6 Å². The Morgan fingerprint density at radius 1 is 0.946 bits per heavy atom. The molecule has 0 radical (unpaired) electrons. The maximum Gasteiger partial charge on any atom is 0.256 e. The Morgan fingerprint density at radius 2 is 1.70 bits per heavy atom. The number of nitriles is 1. The Balaban J connectivity index is 1.11. The first-order valence-electron chi connectivity index (χ1n) is 12.3. The maximum atomic E-state index is 14.4. The van der Waals surface area contributed by atoms with Crippen molar-refractivity contribution >= 4 is 44.0 Å². The second-order valence-corrected chi connectivity index (χ2v) is 10.6. The van der Waals surface area contributed by atoms with Crippen LogP contribution in [0, 0.1) is 17.1 Å². The molecule has 0 saturated carbocycles. The number of hydrogen-bond acceptors (Lipinski definition) is 4. The predicted molar refractivity (Wildman–Crippen MR) is 147 cm³/mol. The number of carbonyl (C=O) groups excluding carboxylic acids is 1. The van der Waals surface area contributed by atoms with Crippen molar-refractivity contribution in [1.29, 1.82) is 5.26 Å². The number of piperazine rings is 1. The minimum atomic E-state index is -0.335. The maximum absolute atomic E-state index is 14.4. The summed E-state index contributed by atoms with van der Waals surface area (Å²) < 4.78 is 15.3. The zero-order valence-corrected chi connectivity index (χ0v) is 21.7. The zero-order chi connectivity index (χ0) is 25.5. The number of halogens is 2. The summed E-state index contributed by atoms with van der Waals surface area (Å²) in [6.07, 6.45) is 0.788. The summed E-state index contributed by atoms with van der Waals surface area (Å²) in [5.41, 5.74) is 6.17. The van der Waals surface area contributed by atoms with Crippen molar-refractivity contribution < 1.29 is 9.18 Å². The van der Waals surface area contributed by atoms with Crippen LogP contribution in [0.15, 0.2) is 71.2 Å². The van der Waals surface area contributed by atoms with Crippen LogP contribution >= 0.6 is 15.9 Å². The van der Waals surface area contributed by atoms with Crippen molar-refractivity contribution in [1.82, 2.24) is 4.90 Å². The summed E-state index contributed by atoms with van der Waals surface area (Å²) >= 11 is 3.56. The van der Waals surface area contributed by atoms with Crippen molar-refractivity contribution in [2.45, 2.75) is 13.0 Å². The zero-order valence-electron chi connectivity index (χ0n) is 20.1. The van der Waals surface area contributed by atoms with Gasteiger partial charge in [-0.25, -0.2) is 4.39 Å². The third-order valence-corrected chi connectivity index (χ3v) is 7.73. The molecule has 5 nitrogen and oxygen atoms in total. The molecule has 6 rings (SSSR count). The van der Waals surface area contributed by atoms with Gasteiger partial charge in [-0.15, -0.1) is 0 Å². The highest BCUT2D eigenvalue weighted by Gasteiger charge is 2.23. The second kappa shape index (κ2) is 9.62. The molecule has 0 atom stereocenters. The van der Waals surface area contributed by atoms with Gasteiger partial charge in [0.25, 0.3) is 5.91 Å². The number of hydrogen-bond donors (Lipinski definition) is 1. The van der Waals surface area contributed by atoms with Gasteiger partial charge in [-0.2, -0.15) is 5.26 Å². The van der Waals surface area contributed by atoms with Gasteiger partial charge >= 0.3 is 0 Å². The predicted octanol–water partition coefficient (Wildman–Crippen LogP) is 6.09. The summed E-state index contributed by atoms with van der Waals surface area (Å²) in [7, 11) is 0. The van der Waals surface area contributed by atoms with Gasteiger partial charge in [0.05, 0.1) is 22.9 Å². The van der Waals surface area contributed by atoms with Gasteiger partial charge in [0.15, 0.2) is 0 Å². The molecule has 0 bridgehead atoms. The molecule has 37 heavy (non-hydrogen) atoms. The average Bonchev–Trinajstić information content (AvgIpc) is 3.23. The number of amides is 1. The lowest BCUT2D eigenvalue weighted by Gasteiger charge is -2.36. The van der Waals surface area contributed by atoms with Crippen LogP contribution in [-0.2, 0) is 13.0 Å². The van der Waals surface area contributed by atoms with Crippen molar-refractivity contribution in [2.75, 3.05) is 36.4 Å². The smallest absolute Gasteiger partial charge is 0.256 e. The van der Waals surface area contributed by atoms with Crippen LogP contribution in [0.4, 0.5) is 15.8 Å². The fourth-order valence-corrected chi connectivity index (χ4v) is 5.81. The van der Waals surface area contributed by atoms with E-state index in [0.29, 0.717) is 11.3 Å². The normalized spacial score (nSPS) is 15.2. The Bertz CT molecular complexity index is 1570. The van der Waals surface area contributed by atoms with Crippen LogP contribution < -0.4 is 10.2 Å². The fraction of sp³-hybridized carbons (Fsp3) is 0.200. The van der Waals surface area contributed by atoms with E-state index in [9.17, 15) is 9.18 Å². The third-order valence-electron chi connectivity index (χ3n) is 7.28. The molecule has 4 aromatic carbocycles. The molecular weight excluding hydrogens is 531 g/mol. The molecule has 0 unspecified atom stereocenters. The SMILES string of the molecule is N#Cc1ccc(N2CCN(Cc3ccc(Cc4ccc5c6c(cc(Br)cc46)C(=O)N5)cc3)CC2)c(F)c1. The number of rotatable bonds is 5. The lowest BCUT2D eigenvalue weighted by Crippen LogP contribution is -2.46. The largest absolute Gasteiger partial charge is 0.367 e. The number of anilines is 2. The van der Waals surface area contributed by atoms with Gasteiger partial charge in [-0.3, -0.25) is 9.69 Å². The quantitative estimate of drug-likeness (QED) is 0.324. The lowest BCUT2D eigenvalue weighted by molar-refractivity contribution is 0.103. The van der Waals surface area contributed by atoms with E-state index in [1.165, 1.54) is 22.8 Å². The number of benzene rings is 4. The van der Waals surface area contributed by atoms with Crippen molar-refractivity contribution in [3.8, 4) is 6.07 Å². The lowest BCUT2D eigenvalue weighted by atomic mass is 9.95. The van der Waals surface area contributed by atoms with Crippen molar-refractivity contribution in [3.05, 3.63) is 105 Å². The van der Waals surface area contributed by atoms with E-state index < -0.39 is 0 Å². The topological polar surface area (TPSA) is 59.4 Å². The number of nitrogens with one attached hydrogen (secondary N) is 1. The van der Waals surface area contributed by atoms with Crippen LogP contribution in [0.2, 0.25) is 0 Å². The van der Waals surface area contributed by atoms with Gasteiger partial charge < -0.3 is 10.2 Å². The Kier molecular flexibility index (Phi) is 6.15. The molecule has 2 heterocycles. The molecule has 1 fully saturated rings. The average molecular weight is 555 g/mol. The molecule has 184 valence electrons. The van der Waals surface area contributed by atoms with Crippen LogP contribution in [0.3, 0.4) is 0 Å². The van der Waals surface area contributed by atoms with Crippen LogP contribution in [0.25, 0.3) is 10.8 Å². The fourth-order valence-electron chi connectivity index (χ4n) is 5.35. The molecule has 0 spiro atoms. The van der Waals surface area contributed by atoms with Gasteiger partial charge in [0.2, 0.25) is 0 Å². The first kappa shape index (κ1) is 23.7. The van der Waals surface area contributed by atoms with E-state index >= 15 is 0 Å². The first-order chi connectivity index (χ1) is 18.0. The van der Waals surface area contributed by atoms with Crippen LogP contribution in [-0.4, -0.2) is 37.0 Å². The van der Waals surface area contributed by atoms with E-state index in [1.54, 1.807) is 12.1 Å². The summed E-state index contributed by atoms with van der Waals surface area (Å²) in [5.74, 6) is -0.385. The molecule has 2 aliphatic rings. The molecule has 1 saturated heterocycles. The summed E-state index contributed by atoms with van der Waals surface area (Å²) in [6, 6.07) is 23.5. The molecule has 7 heteroatoms. The highest BCUT2D eigenvalue weighted by atomic mass is 79.9. The molecular formula is C30H24BrFN4O. The van der Waals surface area contributed by atoms with Crippen LogP contribution in [0.5, 0.6) is 0 Å². The number of nitrogens with zero attached hydrogens (tertiary/aromatic N) is 3. The van der Waals surface area contributed by atoms with Gasteiger partial charge in [0.1, 0.15) is 5.82 Å². The summed E-state index contributed by atoms with van der Waals surface area (Å²) in [4.78, 5) is 16.8. The number of carbonyl (C=O) groups is 1. The van der Waals surface area contributed by atoms with Gasteiger partial charge in [0, 0.05) is 48.3 Å². The summed E-state index contributed by atoms with van der Waals surface area (Å²) in [6.45, 7) is 4.05. The third kappa shape index (κ3) is 4.59. The van der Waals surface area contributed by atoms with Crippen molar-refractivity contribution in [3.63, 3.8) is 0 Å². The molecule has 0 aliphatic carbocycles. The highest BCUT2D eigenvalue weighted by molar-refractivity contribution is 9.10.